The number of nitrogens with two attached hydrogens (primary N) is 1. The first-order valence-corrected chi connectivity index (χ1v) is 15.2. The Kier molecular flexibility index (Phi) is 9.68. The third kappa shape index (κ3) is 6.10. The standard InChI is InChI=1S/C29H42N12O3.ClH/c1-37-25-24(35-36-37)26(34-19-33-25)38-13-15-40(16-14-38)28(42)39-11-6-29(7-12-39)21-18-23(44-3)22(43-2)17-20(21)5-10-41(29)9-4-8-32-27(30)31;/h17-19H,4-16H2,1-3H3,(H4,30,31,32);1H. The molecule has 2 aromatic heterocycles. The minimum Gasteiger partial charge on any atom is -0.493 e. The van der Waals surface area contributed by atoms with Gasteiger partial charge >= 0.3 is 6.03 Å². The summed E-state index contributed by atoms with van der Waals surface area (Å²) in [6.07, 6.45) is 4.97. The van der Waals surface area contributed by atoms with Crippen LogP contribution in [0, 0.1) is 5.41 Å². The molecule has 6 rings (SSSR count). The van der Waals surface area contributed by atoms with Crippen LogP contribution in [0.25, 0.3) is 11.2 Å². The summed E-state index contributed by atoms with van der Waals surface area (Å²) < 4.78 is 13.0. The van der Waals surface area contributed by atoms with E-state index in [0.717, 1.165) is 56.1 Å². The van der Waals surface area contributed by atoms with Crippen LogP contribution in [-0.2, 0) is 19.0 Å². The maximum atomic E-state index is 13.8. The molecule has 16 heteroatoms. The molecule has 244 valence electrons. The second kappa shape index (κ2) is 13.5. The average Bonchev–Trinajstić information content (AvgIpc) is 3.44. The number of halogens is 1. The van der Waals surface area contributed by atoms with Gasteiger partial charge in [-0.05, 0) is 48.9 Å². The van der Waals surface area contributed by atoms with Crippen molar-refractivity contribution in [3.05, 3.63) is 29.6 Å². The van der Waals surface area contributed by atoms with Crippen LogP contribution < -0.4 is 25.4 Å². The van der Waals surface area contributed by atoms with Gasteiger partial charge in [-0.25, -0.2) is 19.4 Å². The van der Waals surface area contributed by atoms with Crippen molar-refractivity contribution < 1.29 is 14.3 Å². The Hall–Kier alpha value is -4.11. The minimum atomic E-state index is -0.214. The van der Waals surface area contributed by atoms with Crippen LogP contribution in [0.5, 0.6) is 11.5 Å². The number of methoxy groups -OCH3 is 2. The summed E-state index contributed by atoms with van der Waals surface area (Å²) in [5.74, 6) is 2.22. The number of piperazine rings is 1. The summed E-state index contributed by atoms with van der Waals surface area (Å²) in [6.45, 7) is 6.33. The molecule has 0 radical (unpaired) electrons. The lowest BCUT2D eigenvalue weighted by atomic mass is 9.74. The second-order valence-electron chi connectivity index (χ2n) is 11.7. The summed E-state index contributed by atoms with van der Waals surface area (Å²) in [4.78, 5) is 31.2. The monoisotopic (exact) mass is 642 g/mol. The zero-order valence-electron chi connectivity index (χ0n) is 26.2. The van der Waals surface area contributed by atoms with Gasteiger partial charge in [-0.1, -0.05) is 5.21 Å². The van der Waals surface area contributed by atoms with E-state index in [1.807, 2.05) is 16.8 Å². The van der Waals surface area contributed by atoms with Crippen molar-refractivity contribution in [2.24, 2.45) is 12.8 Å². The number of anilines is 1. The summed E-state index contributed by atoms with van der Waals surface area (Å²) in [7, 11) is 5.16. The van der Waals surface area contributed by atoms with Crippen molar-refractivity contribution in [2.45, 2.75) is 31.2 Å². The number of nitrogens with one attached hydrogen (secondary N) is 2. The summed E-state index contributed by atoms with van der Waals surface area (Å²) in [6, 6.07) is 4.35. The summed E-state index contributed by atoms with van der Waals surface area (Å²) in [5, 5.41) is 18.8. The molecule has 3 aliphatic heterocycles. The van der Waals surface area contributed by atoms with Crippen molar-refractivity contribution in [2.75, 3.05) is 78.0 Å². The fraction of sp³-hybridized carbons (Fsp3) is 0.586. The molecule has 1 spiro atoms. The Morgan fingerprint density at radius 3 is 2.40 bits per heavy atom. The largest absolute Gasteiger partial charge is 0.493 e. The summed E-state index contributed by atoms with van der Waals surface area (Å²) in [5.41, 5.74) is 9.22. The van der Waals surface area contributed by atoms with E-state index in [1.165, 1.54) is 11.1 Å². The zero-order valence-corrected chi connectivity index (χ0v) is 27.0. The average molecular weight is 643 g/mol. The number of nitrogens with zero attached hydrogens (tertiary/aromatic N) is 9. The number of guanidine groups is 1. The molecule has 45 heavy (non-hydrogen) atoms. The highest BCUT2D eigenvalue weighted by Gasteiger charge is 2.46. The van der Waals surface area contributed by atoms with Gasteiger partial charge in [0.25, 0.3) is 0 Å². The molecule has 3 aliphatic rings. The number of likely N-dealkylation sites (tertiary alicyclic amines) is 1. The van der Waals surface area contributed by atoms with Crippen molar-refractivity contribution >= 4 is 41.4 Å². The van der Waals surface area contributed by atoms with Gasteiger partial charge in [0, 0.05) is 71.5 Å². The quantitative estimate of drug-likeness (QED) is 0.192. The van der Waals surface area contributed by atoms with E-state index in [4.69, 9.17) is 20.6 Å². The van der Waals surface area contributed by atoms with E-state index in [2.05, 4.69) is 47.5 Å². The van der Waals surface area contributed by atoms with E-state index < -0.39 is 0 Å². The smallest absolute Gasteiger partial charge is 0.320 e. The number of urea groups is 1. The van der Waals surface area contributed by atoms with Gasteiger partial charge in [0.15, 0.2) is 34.4 Å². The number of amides is 2. The highest BCUT2D eigenvalue weighted by atomic mass is 35.5. The zero-order chi connectivity index (χ0) is 30.8. The van der Waals surface area contributed by atoms with Gasteiger partial charge in [0.05, 0.1) is 14.2 Å². The number of aryl methyl sites for hydroxylation is 1. The maximum absolute atomic E-state index is 13.8. The number of rotatable bonds is 7. The molecule has 2 amide bonds. The predicted octanol–water partition coefficient (Wildman–Crippen LogP) is 1.16. The number of hydrogen-bond acceptors (Lipinski definition) is 10. The number of carbonyl (C=O) groups is 1. The molecular weight excluding hydrogens is 600 g/mol. The first kappa shape index (κ1) is 32.3. The van der Waals surface area contributed by atoms with E-state index >= 15 is 0 Å². The molecule has 0 bridgehead atoms. The molecular formula is C29H43ClN12O3. The first-order valence-electron chi connectivity index (χ1n) is 15.2. The van der Waals surface area contributed by atoms with Gasteiger partial charge in [0.1, 0.15) is 6.33 Å². The van der Waals surface area contributed by atoms with E-state index in [9.17, 15) is 4.79 Å². The molecule has 2 saturated heterocycles. The highest BCUT2D eigenvalue weighted by molar-refractivity contribution is 5.85. The molecule has 1 aromatic carbocycles. The van der Waals surface area contributed by atoms with Crippen LogP contribution in [0.15, 0.2) is 18.5 Å². The van der Waals surface area contributed by atoms with E-state index in [0.29, 0.717) is 57.0 Å². The normalized spacial score (nSPS) is 18.0. The molecule has 2 fully saturated rings. The first-order chi connectivity index (χ1) is 21.3. The van der Waals surface area contributed by atoms with Crippen molar-refractivity contribution in [3.63, 3.8) is 0 Å². The van der Waals surface area contributed by atoms with Gasteiger partial charge < -0.3 is 35.2 Å². The molecule has 0 unspecified atom stereocenters. The molecule has 4 N–H and O–H groups in total. The third-order valence-corrected chi connectivity index (χ3v) is 9.37. The molecule has 5 heterocycles. The predicted molar refractivity (Wildman–Crippen MR) is 172 cm³/mol. The lowest BCUT2D eigenvalue weighted by Crippen LogP contribution is -2.60. The van der Waals surface area contributed by atoms with Crippen LogP contribution >= 0.6 is 12.4 Å². The number of benzene rings is 1. The van der Waals surface area contributed by atoms with Crippen LogP contribution in [0.3, 0.4) is 0 Å². The number of ether oxygens (including phenoxy) is 2. The Balaban J connectivity index is 0.00000400. The maximum Gasteiger partial charge on any atom is 0.320 e. The van der Waals surface area contributed by atoms with Crippen molar-refractivity contribution in [3.8, 4) is 11.5 Å². The number of piperidine rings is 1. The highest BCUT2D eigenvalue weighted by Crippen LogP contribution is 2.47. The Morgan fingerprint density at radius 1 is 1.02 bits per heavy atom. The summed E-state index contributed by atoms with van der Waals surface area (Å²) >= 11 is 0. The molecule has 15 nitrogen and oxygen atoms in total. The second-order valence-corrected chi connectivity index (χ2v) is 11.7. The molecule has 0 saturated carbocycles. The molecule has 0 aliphatic carbocycles. The van der Waals surface area contributed by atoms with Gasteiger partial charge in [-0.15, -0.1) is 17.5 Å². The van der Waals surface area contributed by atoms with Crippen molar-refractivity contribution in [1.82, 2.24) is 45.0 Å². The Bertz CT molecular complexity index is 1520. The van der Waals surface area contributed by atoms with Gasteiger partial charge in [0.2, 0.25) is 0 Å². The fourth-order valence-corrected chi connectivity index (χ4v) is 7.06. The number of hydrogen-bond donors (Lipinski definition) is 3. The minimum absolute atomic E-state index is 0. The van der Waals surface area contributed by atoms with Gasteiger partial charge in [-0.3, -0.25) is 10.3 Å². The molecule has 0 atom stereocenters. The number of fused-ring (bicyclic) bond motifs is 3. The van der Waals surface area contributed by atoms with Crippen molar-refractivity contribution in [1.29, 1.82) is 5.41 Å². The Morgan fingerprint density at radius 2 is 1.71 bits per heavy atom. The SMILES string of the molecule is COc1cc2c(cc1OC)C1(CCN(C(=O)N3CCN(c4ncnc5c4nnn5C)CC3)CC1)N(CCCNC(=N)N)CC2.Cl. The van der Waals surface area contributed by atoms with Crippen LogP contribution in [0.4, 0.5) is 10.6 Å². The van der Waals surface area contributed by atoms with E-state index in [1.54, 1.807) is 25.2 Å². The number of aromatic nitrogens is 5. The molecule has 3 aromatic rings. The topological polar surface area (TPSA) is 167 Å². The fourth-order valence-electron chi connectivity index (χ4n) is 7.06. The third-order valence-electron chi connectivity index (χ3n) is 9.37. The number of carbonyl (C=O) groups excluding carboxylic acids is 1. The lowest BCUT2D eigenvalue weighted by Gasteiger charge is -2.53. The van der Waals surface area contributed by atoms with E-state index in [-0.39, 0.29) is 29.9 Å². The Labute approximate surface area is 268 Å². The van der Waals surface area contributed by atoms with Crippen LogP contribution in [0.1, 0.15) is 30.4 Å². The lowest BCUT2D eigenvalue weighted by molar-refractivity contribution is 0.0130. The van der Waals surface area contributed by atoms with Gasteiger partial charge in [-0.2, -0.15) is 0 Å². The van der Waals surface area contributed by atoms with Crippen LogP contribution in [0.2, 0.25) is 0 Å². The van der Waals surface area contributed by atoms with Crippen LogP contribution in [-0.4, -0.2) is 125 Å².